The number of halogens is 3. The molecule has 1 aromatic carbocycles. The zero-order valence-corrected chi connectivity index (χ0v) is 7.14. The quantitative estimate of drug-likeness (QED) is 0.541. The molecule has 1 nitrogen and oxygen atoms in total. The van der Waals surface area contributed by atoms with Gasteiger partial charge in [-0.3, -0.25) is 4.79 Å². The highest BCUT2D eigenvalue weighted by atomic mass is 19.3. The Morgan fingerprint density at radius 1 is 1.29 bits per heavy atom. The monoisotopic (exact) mass is 200 g/mol. The minimum atomic E-state index is -3.60. The average Bonchev–Trinajstić information content (AvgIpc) is 2.18. The van der Waals surface area contributed by atoms with Crippen LogP contribution in [0.2, 0.25) is 0 Å². The number of alkyl halides is 2. The second-order valence-corrected chi connectivity index (χ2v) is 2.66. The molecule has 0 spiro atoms. The van der Waals surface area contributed by atoms with Crippen molar-refractivity contribution in [2.75, 3.05) is 0 Å². The van der Waals surface area contributed by atoms with Crippen LogP contribution in [0.4, 0.5) is 13.2 Å². The fourth-order valence-electron chi connectivity index (χ4n) is 0.886. The van der Waals surface area contributed by atoms with Gasteiger partial charge in [0.25, 0.3) is 0 Å². The Morgan fingerprint density at radius 3 is 2.21 bits per heavy atom. The summed E-state index contributed by atoms with van der Waals surface area (Å²) in [5.74, 6) is -5.56. The topological polar surface area (TPSA) is 17.1 Å². The predicted molar refractivity (Wildman–Crippen MR) is 45.9 cm³/mol. The highest BCUT2D eigenvalue weighted by Gasteiger charge is 2.35. The molecule has 0 aliphatic rings. The maximum atomic E-state index is 12.8. The summed E-state index contributed by atoms with van der Waals surface area (Å²) < 4.78 is 38.0. The van der Waals surface area contributed by atoms with Crippen LogP contribution in [0, 0.1) is 5.82 Å². The Balaban J connectivity index is 3.01. The highest BCUT2D eigenvalue weighted by Crippen LogP contribution is 2.21. The molecule has 0 saturated heterocycles. The van der Waals surface area contributed by atoms with Gasteiger partial charge in [-0.25, -0.2) is 4.39 Å². The van der Waals surface area contributed by atoms with Crippen molar-refractivity contribution in [1.82, 2.24) is 0 Å². The molecule has 0 aliphatic carbocycles. The van der Waals surface area contributed by atoms with Crippen LogP contribution in [0.25, 0.3) is 0 Å². The lowest BCUT2D eigenvalue weighted by molar-refractivity contribution is 0.0383. The summed E-state index contributed by atoms with van der Waals surface area (Å²) in [6.45, 7) is 2.85. The first-order valence-electron chi connectivity index (χ1n) is 3.79. The van der Waals surface area contributed by atoms with E-state index in [-0.39, 0.29) is 11.6 Å². The van der Waals surface area contributed by atoms with Gasteiger partial charge in [0, 0.05) is 5.56 Å². The minimum Gasteiger partial charge on any atom is -0.287 e. The zero-order chi connectivity index (χ0) is 10.8. The maximum Gasteiger partial charge on any atom is 0.327 e. The van der Waals surface area contributed by atoms with Gasteiger partial charge in [0.15, 0.2) is 0 Å². The largest absolute Gasteiger partial charge is 0.327 e. The molecule has 14 heavy (non-hydrogen) atoms. The number of benzene rings is 1. The summed E-state index contributed by atoms with van der Waals surface area (Å²) in [6.07, 6.45) is 0.263. The Kier molecular flexibility index (Phi) is 2.74. The van der Waals surface area contributed by atoms with Gasteiger partial charge in [0.1, 0.15) is 5.82 Å². The third-order valence-electron chi connectivity index (χ3n) is 1.67. The molecule has 0 N–H and O–H groups in total. The number of rotatable bonds is 3. The normalized spacial score (nSPS) is 11.1. The Morgan fingerprint density at radius 2 is 1.79 bits per heavy atom. The molecule has 0 heterocycles. The van der Waals surface area contributed by atoms with Crippen molar-refractivity contribution in [3.8, 4) is 0 Å². The number of carbonyl (C=O) groups is 1. The van der Waals surface area contributed by atoms with Crippen molar-refractivity contribution in [3.05, 3.63) is 48.3 Å². The molecule has 0 unspecified atom stereocenters. The van der Waals surface area contributed by atoms with E-state index >= 15 is 0 Å². The maximum absolute atomic E-state index is 12.8. The Hall–Kier alpha value is -1.58. The summed E-state index contributed by atoms with van der Waals surface area (Å²) in [6, 6.07) is 3.92. The third-order valence-corrected chi connectivity index (χ3v) is 1.67. The van der Waals surface area contributed by atoms with E-state index in [1.165, 1.54) is 0 Å². The van der Waals surface area contributed by atoms with Crippen molar-refractivity contribution >= 4 is 5.78 Å². The summed E-state index contributed by atoms with van der Waals surface area (Å²) in [5.41, 5.74) is -0.240. The number of ketones is 1. The van der Waals surface area contributed by atoms with E-state index in [0.717, 1.165) is 24.3 Å². The van der Waals surface area contributed by atoms with Crippen LogP contribution in [-0.4, -0.2) is 11.7 Å². The van der Waals surface area contributed by atoms with Gasteiger partial charge in [0.2, 0.25) is 5.78 Å². The molecule has 4 heteroatoms. The van der Waals surface area contributed by atoms with E-state index in [2.05, 4.69) is 6.58 Å². The molecule has 0 atom stereocenters. The Bertz CT molecular complexity index is 354. The SMILES string of the molecule is C=CC(F)(F)C(=O)c1ccc(F)cc1. The van der Waals surface area contributed by atoms with Crippen LogP contribution in [0.15, 0.2) is 36.9 Å². The Labute approximate surface area is 78.9 Å². The average molecular weight is 200 g/mol. The fraction of sp³-hybridized carbons (Fsp3) is 0.100. The van der Waals surface area contributed by atoms with Crippen molar-refractivity contribution in [2.45, 2.75) is 5.92 Å². The lowest BCUT2D eigenvalue weighted by atomic mass is 10.1. The first-order valence-corrected chi connectivity index (χ1v) is 3.79. The van der Waals surface area contributed by atoms with Gasteiger partial charge in [0.05, 0.1) is 0 Å². The van der Waals surface area contributed by atoms with Gasteiger partial charge < -0.3 is 0 Å². The number of carbonyl (C=O) groups excluding carboxylic acids is 1. The van der Waals surface area contributed by atoms with Crippen LogP contribution in [0.1, 0.15) is 10.4 Å². The number of hydrogen-bond acceptors (Lipinski definition) is 1. The number of allylic oxidation sites excluding steroid dienone is 1. The summed E-state index contributed by atoms with van der Waals surface area (Å²) in [7, 11) is 0. The molecule has 0 bridgehead atoms. The molecule has 0 radical (unpaired) electrons. The molecule has 74 valence electrons. The van der Waals surface area contributed by atoms with Gasteiger partial charge in [-0.15, -0.1) is 0 Å². The second-order valence-electron chi connectivity index (χ2n) is 2.66. The first-order chi connectivity index (χ1) is 6.47. The molecular formula is C10H7F3O. The van der Waals surface area contributed by atoms with E-state index in [0.29, 0.717) is 0 Å². The molecule has 0 saturated carbocycles. The van der Waals surface area contributed by atoms with Gasteiger partial charge >= 0.3 is 5.92 Å². The molecule has 0 aromatic heterocycles. The summed E-state index contributed by atoms with van der Waals surface area (Å²) >= 11 is 0. The minimum absolute atomic E-state index is 0.240. The first kappa shape index (κ1) is 10.5. The summed E-state index contributed by atoms with van der Waals surface area (Å²) in [5, 5.41) is 0. The molecule has 0 fully saturated rings. The predicted octanol–water partition coefficient (Wildman–Crippen LogP) is 2.83. The molecule has 0 amide bonds. The van der Waals surface area contributed by atoms with Crippen molar-refractivity contribution < 1.29 is 18.0 Å². The standard InChI is InChI=1S/C10H7F3O/c1-2-10(12,13)9(14)7-3-5-8(11)6-4-7/h2-6H,1H2. The third kappa shape index (κ3) is 2.02. The fourth-order valence-corrected chi connectivity index (χ4v) is 0.886. The van der Waals surface area contributed by atoms with E-state index in [4.69, 9.17) is 0 Å². The van der Waals surface area contributed by atoms with Crippen LogP contribution in [-0.2, 0) is 0 Å². The molecule has 1 rings (SSSR count). The lowest BCUT2D eigenvalue weighted by Crippen LogP contribution is -2.25. The van der Waals surface area contributed by atoms with Gasteiger partial charge in [-0.2, -0.15) is 8.78 Å². The number of hydrogen-bond donors (Lipinski definition) is 0. The molecule has 1 aromatic rings. The van der Waals surface area contributed by atoms with Crippen molar-refractivity contribution in [2.24, 2.45) is 0 Å². The van der Waals surface area contributed by atoms with Gasteiger partial charge in [-0.05, 0) is 30.3 Å². The smallest absolute Gasteiger partial charge is 0.287 e. The van der Waals surface area contributed by atoms with Crippen LogP contribution in [0.3, 0.4) is 0 Å². The summed E-state index contributed by atoms with van der Waals surface area (Å²) in [4.78, 5) is 11.1. The van der Waals surface area contributed by atoms with E-state index in [9.17, 15) is 18.0 Å². The van der Waals surface area contributed by atoms with Crippen LogP contribution >= 0.6 is 0 Å². The lowest BCUT2D eigenvalue weighted by Gasteiger charge is -2.09. The second kappa shape index (κ2) is 3.65. The van der Waals surface area contributed by atoms with E-state index < -0.39 is 17.5 Å². The van der Waals surface area contributed by atoms with Crippen LogP contribution in [0.5, 0.6) is 0 Å². The highest BCUT2D eigenvalue weighted by molar-refractivity contribution is 6.02. The number of Topliss-reactive ketones (excluding diaryl/α,β-unsaturated/α-hetero) is 1. The van der Waals surface area contributed by atoms with E-state index in [1.54, 1.807) is 0 Å². The van der Waals surface area contributed by atoms with Gasteiger partial charge in [-0.1, -0.05) is 6.58 Å². The van der Waals surface area contributed by atoms with Crippen molar-refractivity contribution in [1.29, 1.82) is 0 Å². The van der Waals surface area contributed by atoms with E-state index in [1.807, 2.05) is 0 Å². The van der Waals surface area contributed by atoms with Crippen LogP contribution < -0.4 is 0 Å². The zero-order valence-electron chi connectivity index (χ0n) is 7.14. The molecule has 0 aliphatic heterocycles. The van der Waals surface area contributed by atoms with Crippen molar-refractivity contribution in [3.63, 3.8) is 0 Å². The molecular weight excluding hydrogens is 193 g/mol.